The summed E-state index contributed by atoms with van der Waals surface area (Å²) in [6.07, 6.45) is 0.809. The van der Waals surface area contributed by atoms with Crippen LogP contribution in [-0.2, 0) is 6.42 Å². The fourth-order valence-electron chi connectivity index (χ4n) is 3.22. The summed E-state index contributed by atoms with van der Waals surface area (Å²) >= 11 is 0. The fourth-order valence-corrected chi connectivity index (χ4v) is 3.22. The van der Waals surface area contributed by atoms with Gasteiger partial charge in [-0.3, -0.25) is 10.1 Å². The first kappa shape index (κ1) is 17.0. The molecule has 1 aliphatic heterocycles. The zero-order valence-electron chi connectivity index (χ0n) is 14.4. The molecule has 3 rings (SSSR count). The molecule has 0 fully saturated rings. The average molecular weight is 344 g/mol. The maximum atomic E-state index is 11.5. The highest BCUT2D eigenvalue weighted by Gasteiger charge is 2.29. The zero-order chi connectivity index (χ0) is 18.0. The van der Waals surface area contributed by atoms with Crippen molar-refractivity contribution in [1.82, 2.24) is 5.32 Å². The molecule has 1 N–H and O–H groups in total. The largest absolute Gasteiger partial charge is 0.497 e. The second kappa shape index (κ2) is 6.98. The van der Waals surface area contributed by atoms with Crippen LogP contribution in [0.4, 0.5) is 5.69 Å². The summed E-state index contributed by atoms with van der Waals surface area (Å²) in [7, 11) is 4.71. The second-order valence-corrected chi connectivity index (χ2v) is 5.72. The van der Waals surface area contributed by atoms with Crippen molar-refractivity contribution in [2.24, 2.45) is 0 Å². The summed E-state index contributed by atoms with van der Waals surface area (Å²) in [5, 5.41) is 14.9. The standard InChI is InChI=1S/C18H20N2O5/c1-23-12-4-5-15(20(21)22)14(9-12)18-13-10-17(25-3)16(24-2)8-11(13)6-7-19-18/h4-5,8-10,18-19H,6-7H2,1-3H3. The zero-order valence-corrected chi connectivity index (χ0v) is 14.4. The van der Waals surface area contributed by atoms with Crippen LogP contribution in [0, 0.1) is 10.1 Å². The Balaban J connectivity index is 2.17. The number of ether oxygens (including phenoxy) is 3. The summed E-state index contributed by atoms with van der Waals surface area (Å²) in [5.74, 6) is 1.83. The number of methoxy groups -OCH3 is 3. The lowest BCUT2D eigenvalue weighted by molar-refractivity contribution is -0.385. The Labute approximate surface area is 145 Å². The average Bonchev–Trinajstić information content (AvgIpc) is 2.65. The van der Waals surface area contributed by atoms with Crippen molar-refractivity contribution in [3.8, 4) is 17.2 Å². The molecule has 0 spiro atoms. The van der Waals surface area contributed by atoms with Gasteiger partial charge in [0.15, 0.2) is 11.5 Å². The van der Waals surface area contributed by atoms with Gasteiger partial charge in [-0.25, -0.2) is 0 Å². The number of rotatable bonds is 5. The van der Waals surface area contributed by atoms with Crippen molar-refractivity contribution in [3.63, 3.8) is 0 Å². The number of nitrogens with zero attached hydrogens (tertiary/aromatic N) is 1. The van der Waals surface area contributed by atoms with Crippen LogP contribution in [0.3, 0.4) is 0 Å². The maximum Gasteiger partial charge on any atom is 0.274 e. The van der Waals surface area contributed by atoms with Crippen LogP contribution in [0.5, 0.6) is 17.2 Å². The number of hydrogen-bond acceptors (Lipinski definition) is 6. The first-order valence-corrected chi connectivity index (χ1v) is 7.89. The van der Waals surface area contributed by atoms with Gasteiger partial charge in [-0.15, -0.1) is 0 Å². The van der Waals surface area contributed by atoms with Gasteiger partial charge in [-0.2, -0.15) is 0 Å². The topological polar surface area (TPSA) is 82.9 Å². The minimum Gasteiger partial charge on any atom is -0.497 e. The molecule has 0 saturated heterocycles. The highest BCUT2D eigenvalue weighted by Crippen LogP contribution is 2.40. The predicted molar refractivity (Wildman–Crippen MR) is 92.7 cm³/mol. The third kappa shape index (κ3) is 3.10. The maximum absolute atomic E-state index is 11.5. The molecule has 0 saturated carbocycles. The van der Waals surface area contributed by atoms with E-state index in [2.05, 4.69) is 5.32 Å². The van der Waals surface area contributed by atoms with Gasteiger partial charge in [-0.05, 0) is 41.8 Å². The van der Waals surface area contributed by atoms with Crippen molar-refractivity contribution in [3.05, 3.63) is 57.1 Å². The van der Waals surface area contributed by atoms with E-state index >= 15 is 0 Å². The van der Waals surface area contributed by atoms with E-state index in [-0.39, 0.29) is 16.7 Å². The van der Waals surface area contributed by atoms with Crippen LogP contribution in [0.25, 0.3) is 0 Å². The molecule has 1 unspecified atom stereocenters. The molecule has 0 amide bonds. The van der Waals surface area contributed by atoms with E-state index in [0.717, 1.165) is 17.5 Å². The van der Waals surface area contributed by atoms with Crippen molar-refractivity contribution in [2.75, 3.05) is 27.9 Å². The SMILES string of the molecule is COc1ccc([N+](=O)[O-])c(C2NCCc3cc(OC)c(OC)cc32)c1. The van der Waals surface area contributed by atoms with Crippen LogP contribution >= 0.6 is 0 Å². The first-order valence-electron chi connectivity index (χ1n) is 7.89. The normalized spacial score (nSPS) is 16.0. The van der Waals surface area contributed by atoms with Gasteiger partial charge in [0.2, 0.25) is 0 Å². The lowest BCUT2D eigenvalue weighted by atomic mass is 9.88. The van der Waals surface area contributed by atoms with Crippen molar-refractivity contribution < 1.29 is 19.1 Å². The van der Waals surface area contributed by atoms with Gasteiger partial charge in [0.05, 0.1) is 37.9 Å². The van der Waals surface area contributed by atoms with E-state index in [1.165, 1.54) is 6.07 Å². The monoisotopic (exact) mass is 344 g/mol. The molecule has 0 aromatic heterocycles. The summed E-state index contributed by atoms with van der Waals surface area (Å²) in [6.45, 7) is 0.710. The molecule has 2 aromatic rings. The molecule has 1 aliphatic rings. The highest BCUT2D eigenvalue weighted by molar-refractivity contribution is 5.56. The van der Waals surface area contributed by atoms with Crippen LogP contribution < -0.4 is 19.5 Å². The van der Waals surface area contributed by atoms with Crippen LogP contribution in [0.2, 0.25) is 0 Å². The summed E-state index contributed by atoms with van der Waals surface area (Å²) in [4.78, 5) is 11.1. The van der Waals surface area contributed by atoms with E-state index in [1.54, 1.807) is 33.5 Å². The Morgan fingerprint density at radius 1 is 1.04 bits per heavy atom. The van der Waals surface area contributed by atoms with E-state index < -0.39 is 0 Å². The van der Waals surface area contributed by atoms with E-state index in [1.807, 2.05) is 12.1 Å². The molecule has 0 aliphatic carbocycles. The molecule has 1 heterocycles. The van der Waals surface area contributed by atoms with Gasteiger partial charge >= 0.3 is 0 Å². The Morgan fingerprint density at radius 3 is 2.40 bits per heavy atom. The van der Waals surface area contributed by atoms with E-state index in [9.17, 15) is 10.1 Å². The molecule has 0 bridgehead atoms. The second-order valence-electron chi connectivity index (χ2n) is 5.72. The Morgan fingerprint density at radius 2 is 1.76 bits per heavy atom. The van der Waals surface area contributed by atoms with Gasteiger partial charge in [-0.1, -0.05) is 0 Å². The van der Waals surface area contributed by atoms with E-state index in [4.69, 9.17) is 14.2 Å². The number of benzene rings is 2. The number of nitro benzene ring substituents is 1. The highest BCUT2D eigenvalue weighted by atomic mass is 16.6. The van der Waals surface area contributed by atoms with Gasteiger partial charge in [0.25, 0.3) is 5.69 Å². The number of nitro groups is 1. The van der Waals surface area contributed by atoms with Gasteiger partial charge in [0, 0.05) is 12.6 Å². The third-order valence-corrected chi connectivity index (χ3v) is 4.44. The molecule has 2 aromatic carbocycles. The first-order chi connectivity index (χ1) is 12.1. The van der Waals surface area contributed by atoms with Crippen molar-refractivity contribution >= 4 is 5.69 Å². The van der Waals surface area contributed by atoms with Crippen LogP contribution in [0.15, 0.2) is 30.3 Å². The molecule has 132 valence electrons. The van der Waals surface area contributed by atoms with Gasteiger partial charge in [0.1, 0.15) is 5.75 Å². The van der Waals surface area contributed by atoms with Gasteiger partial charge < -0.3 is 19.5 Å². The minimum absolute atomic E-state index is 0.0564. The predicted octanol–water partition coefficient (Wildman–Crippen LogP) is 2.86. The fraction of sp³-hybridized carbons (Fsp3) is 0.333. The number of hydrogen-bond donors (Lipinski definition) is 1. The molecular formula is C18H20N2O5. The Bertz CT molecular complexity index is 806. The molecule has 7 heteroatoms. The number of fused-ring (bicyclic) bond motifs is 1. The molecular weight excluding hydrogens is 324 g/mol. The van der Waals surface area contributed by atoms with E-state index in [0.29, 0.717) is 29.4 Å². The lowest BCUT2D eigenvalue weighted by Crippen LogP contribution is -2.31. The third-order valence-electron chi connectivity index (χ3n) is 4.44. The van der Waals surface area contributed by atoms with Crippen molar-refractivity contribution in [1.29, 1.82) is 0 Å². The van der Waals surface area contributed by atoms with Crippen LogP contribution in [-0.4, -0.2) is 32.8 Å². The smallest absolute Gasteiger partial charge is 0.274 e. The summed E-state index contributed by atoms with van der Waals surface area (Å²) in [6, 6.07) is 8.29. The lowest BCUT2D eigenvalue weighted by Gasteiger charge is -2.28. The summed E-state index contributed by atoms with van der Waals surface area (Å²) < 4.78 is 16.0. The number of nitrogens with one attached hydrogen (secondary N) is 1. The molecule has 7 nitrogen and oxygen atoms in total. The quantitative estimate of drug-likeness (QED) is 0.663. The van der Waals surface area contributed by atoms with Crippen molar-refractivity contribution in [2.45, 2.75) is 12.5 Å². The minimum atomic E-state index is -0.370. The summed E-state index contributed by atoms with van der Waals surface area (Å²) in [5.41, 5.74) is 2.65. The molecule has 25 heavy (non-hydrogen) atoms. The molecule has 1 atom stereocenters. The Kier molecular flexibility index (Phi) is 4.76. The molecule has 0 radical (unpaired) electrons. The Hall–Kier alpha value is -2.80. The van der Waals surface area contributed by atoms with Crippen LogP contribution in [0.1, 0.15) is 22.7 Å².